The van der Waals surface area contributed by atoms with Gasteiger partial charge in [0.05, 0.1) is 0 Å². The molecule has 3 N–H and O–H groups in total. The fourth-order valence-corrected chi connectivity index (χ4v) is 2.80. The second-order valence-corrected chi connectivity index (χ2v) is 7.23. The number of hydrogen-bond donors (Lipinski definition) is 2. The molecular weight excluding hydrogens is 320 g/mol. The minimum Gasteiger partial charge on any atom is -0.462 e. The Morgan fingerprint density at radius 3 is 2.75 bits per heavy atom. The van der Waals surface area contributed by atoms with Crippen LogP contribution >= 0.6 is 15.9 Å². The average molecular weight is 341 g/mol. The number of aliphatic hydroxyl groups excluding tert-OH is 1. The van der Waals surface area contributed by atoms with Crippen molar-refractivity contribution in [3.05, 3.63) is 33.8 Å². The van der Waals surface area contributed by atoms with Crippen LogP contribution in [0, 0.1) is 5.41 Å². The van der Waals surface area contributed by atoms with E-state index in [1.165, 1.54) is 0 Å². The molecule has 110 valence electrons. The number of ether oxygens (including phenoxy) is 1. The Kier molecular flexibility index (Phi) is 4.12. The lowest BCUT2D eigenvalue weighted by molar-refractivity contribution is 0.159. The van der Waals surface area contributed by atoms with Crippen LogP contribution in [0.25, 0.3) is 0 Å². The number of nitrogens with two attached hydrogens (primary N) is 1. The van der Waals surface area contributed by atoms with Crippen LogP contribution in [0.2, 0.25) is 0 Å². The summed E-state index contributed by atoms with van der Waals surface area (Å²) in [5.41, 5.74) is 7.28. The molecular formula is C15H21BrN2O2. The van der Waals surface area contributed by atoms with Crippen LogP contribution in [0.3, 0.4) is 0 Å². The predicted octanol–water partition coefficient (Wildman–Crippen LogP) is 2.57. The molecule has 4 nitrogen and oxygen atoms in total. The normalized spacial score (nSPS) is 22.6. The summed E-state index contributed by atoms with van der Waals surface area (Å²) in [5.74, 6) is 0. The molecule has 1 aromatic carbocycles. The minimum atomic E-state index is -0.464. The maximum Gasteiger partial charge on any atom is 0.283 e. The molecule has 0 aliphatic carbocycles. The SMILES string of the molecule is CC(C)(CO)Cc1ccc(Br)cc1[C@@]1(C)COC(N)=N1. The second kappa shape index (κ2) is 5.37. The molecule has 0 bridgehead atoms. The zero-order valence-electron chi connectivity index (χ0n) is 12.1. The second-order valence-electron chi connectivity index (χ2n) is 6.31. The first-order chi connectivity index (χ1) is 9.26. The molecule has 20 heavy (non-hydrogen) atoms. The molecule has 1 heterocycles. The standard InChI is InChI=1S/C15H21BrN2O2/c1-14(2,8-19)7-10-4-5-11(16)6-12(10)15(3)9-20-13(17)18-15/h4-6,19H,7-9H2,1-3H3,(H2,17,18)/t15-/m1/s1. The number of halogens is 1. The molecule has 2 rings (SSSR count). The van der Waals surface area contributed by atoms with Crippen molar-refractivity contribution in [3.63, 3.8) is 0 Å². The molecule has 0 saturated carbocycles. The van der Waals surface area contributed by atoms with Gasteiger partial charge in [0.15, 0.2) is 0 Å². The van der Waals surface area contributed by atoms with Crippen LogP contribution in [0.4, 0.5) is 0 Å². The quantitative estimate of drug-likeness (QED) is 0.884. The van der Waals surface area contributed by atoms with E-state index in [9.17, 15) is 5.11 Å². The molecule has 0 aromatic heterocycles. The van der Waals surface area contributed by atoms with E-state index in [0.29, 0.717) is 6.61 Å². The van der Waals surface area contributed by atoms with Gasteiger partial charge in [0, 0.05) is 11.1 Å². The Hall–Kier alpha value is -1.07. The Bertz CT molecular complexity index is 543. The highest BCUT2D eigenvalue weighted by molar-refractivity contribution is 9.10. The highest BCUT2D eigenvalue weighted by Gasteiger charge is 2.35. The summed E-state index contributed by atoms with van der Waals surface area (Å²) in [6.07, 6.45) is 0.775. The van der Waals surface area contributed by atoms with Crippen molar-refractivity contribution in [1.82, 2.24) is 0 Å². The van der Waals surface area contributed by atoms with Crippen LogP contribution in [0.15, 0.2) is 27.7 Å². The zero-order chi connectivity index (χ0) is 15.0. The number of benzene rings is 1. The highest BCUT2D eigenvalue weighted by Crippen LogP contribution is 2.36. The molecule has 0 saturated heterocycles. The van der Waals surface area contributed by atoms with Crippen LogP contribution < -0.4 is 5.73 Å². The monoisotopic (exact) mass is 340 g/mol. The lowest BCUT2D eigenvalue weighted by Gasteiger charge is -2.27. The van der Waals surface area contributed by atoms with E-state index in [2.05, 4.69) is 33.1 Å². The van der Waals surface area contributed by atoms with Crippen molar-refractivity contribution in [1.29, 1.82) is 0 Å². The summed E-state index contributed by atoms with van der Waals surface area (Å²) in [6, 6.07) is 6.39. The number of rotatable bonds is 4. The number of amidine groups is 1. The Labute approximate surface area is 128 Å². The van der Waals surface area contributed by atoms with Crippen molar-refractivity contribution in [2.45, 2.75) is 32.7 Å². The molecule has 1 atom stereocenters. The summed E-state index contributed by atoms with van der Waals surface area (Å²) >= 11 is 3.51. The van der Waals surface area contributed by atoms with E-state index in [0.717, 1.165) is 22.0 Å². The van der Waals surface area contributed by atoms with Gasteiger partial charge < -0.3 is 15.6 Å². The van der Waals surface area contributed by atoms with Gasteiger partial charge in [-0.1, -0.05) is 35.8 Å². The van der Waals surface area contributed by atoms with Gasteiger partial charge in [0.25, 0.3) is 6.02 Å². The van der Waals surface area contributed by atoms with E-state index in [4.69, 9.17) is 10.5 Å². The third-order valence-corrected chi connectivity index (χ3v) is 4.10. The van der Waals surface area contributed by atoms with E-state index < -0.39 is 5.54 Å². The smallest absolute Gasteiger partial charge is 0.283 e. The van der Waals surface area contributed by atoms with E-state index in [1.807, 2.05) is 26.8 Å². The summed E-state index contributed by atoms with van der Waals surface area (Å²) in [4.78, 5) is 4.44. The Morgan fingerprint density at radius 2 is 2.20 bits per heavy atom. The number of hydrogen-bond acceptors (Lipinski definition) is 4. The Balaban J connectivity index is 2.44. The highest BCUT2D eigenvalue weighted by atomic mass is 79.9. The van der Waals surface area contributed by atoms with Crippen LogP contribution in [0.5, 0.6) is 0 Å². The molecule has 1 aliphatic rings. The number of aliphatic hydroxyl groups is 1. The van der Waals surface area contributed by atoms with E-state index in [-0.39, 0.29) is 18.0 Å². The minimum absolute atomic E-state index is 0.140. The van der Waals surface area contributed by atoms with Gasteiger partial charge in [0.1, 0.15) is 12.1 Å². The molecule has 0 spiro atoms. The first kappa shape index (κ1) is 15.3. The maximum atomic E-state index is 9.49. The van der Waals surface area contributed by atoms with Crippen molar-refractivity contribution in [2.24, 2.45) is 16.1 Å². The topological polar surface area (TPSA) is 67.8 Å². The van der Waals surface area contributed by atoms with Crippen LogP contribution in [0.1, 0.15) is 31.9 Å². The fraction of sp³-hybridized carbons (Fsp3) is 0.533. The van der Waals surface area contributed by atoms with Gasteiger partial charge in [-0.3, -0.25) is 0 Å². The molecule has 1 aromatic rings. The first-order valence-electron chi connectivity index (χ1n) is 6.64. The molecule has 0 amide bonds. The lowest BCUT2D eigenvalue weighted by Crippen LogP contribution is -2.26. The molecule has 0 unspecified atom stereocenters. The lowest BCUT2D eigenvalue weighted by atomic mass is 9.81. The molecule has 0 fully saturated rings. The van der Waals surface area contributed by atoms with Crippen LogP contribution in [-0.4, -0.2) is 24.3 Å². The number of nitrogens with zero attached hydrogens (tertiary/aromatic N) is 1. The first-order valence-corrected chi connectivity index (χ1v) is 7.43. The summed E-state index contributed by atoms with van der Waals surface area (Å²) < 4.78 is 6.34. The largest absolute Gasteiger partial charge is 0.462 e. The Morgan fingerprint density at radius 1 is 1.50 bits per heavy atom. The van der Waals surface area contributed by atoms with Crippen molar-refractivity contribution >= 4 is 22.0 Å². The summed E-state index contributed by atoms with van der Waals surface area (Å²) in [7, 11) is 0. The van der Waals surface area contributed by atoms with Gasteiger partial charge in [-0.05, 0) is 42.0 Å². The molecule has 5 heteroatoms. The summed E-state index contributed by atoms with van der Waals surface area (Å²) in [5, 5.41) is 9.49. The maximum absolute atomic E-state index is 9.49. The van der Waals surface area contributed by atoms with Crippen molar-refractivity contribution < 1.29 is 9.84 Å². The summed E-state index contributed by atoms with van der Waals surface area (Å²) in [6.45, 7) is 6.70. The van der Waals surface area contributed by atoms with Crippen LogP contribution in [-0.2, 0) is 16.7 Å². The van der Waals surface area contributed by atoms with Gasteiger partial charge >= 0.3 is 0 Å². The number of aliphatic imine (C=N–C) groups is 1. The van der Waals surface area contributed by atoms with Gasteiger partial charge in [-0.15, -0.1) is 0 Å². The average Bonchev–Trinajstić information content (AvgIpc) is 2.72. The van der Waals surface area contributed by atoms with E-state index >= 15 is 0 Å². The fourth-order valence-electron chi connectivity index (χ4n) is 2.44. The van der Waals surface area contributed by atoms with E-state index in [1.54, 1.807) is 0 Å². The third kappa shape index (κ3) is 3.15. The molecule has 1 aliphatic heterocycles. The van der Waals surface area contributed by atoms with Gasteiger partial charge in [-0.25, -0.2) is 4.99 Å². The van der Waals surface area contributed by atoms with Crippen molar-refractivity contribution in [3.8, 4) is 0 Å². The van der Waals surface area contributed by atoms with Crippen molar-refractivity contribution in [2.75, 3.05) is 13.2 Å². The third-order valence-electron chi connectivity index (χ3n) is 3.61. The van der Waals surface area contributed by atoms with Gasteiger partial charge in [-0.2, -0.15) is 0 Å². The molecule has 0 radical (unpaired) electrons. The zero-order valence-corrected chi connectivity index (χ0v) is 13.7. The predicted molar refractivity (Wildman–Crippen MR) is 83.6 cm³/mol. The van der Waals surface area contributed by atoms with Gasteiger partial charge in [0.2, 0.25) is 0 Å².